The number of hydrogen-bond acceptors (Lipinski definition) is 1. The van der Waals surface area contributed by atoms with Crippen molar-refractivity contribution in [3.63, 3.8) is 0 Å². The molecule has 0 aromatic heterocycles. The van der Waals surface area contributed by atoms with Crippen molar-refractivity contribution in [3.05, 3.63) is 70.5 Å². The van der Waals surface area contributed by atoms with E-state index in [0.29, 0.717) is 11.1 Å². The SMILES string of the molecule is Cc1cc(F)ccc1CC(=O)Cc1ccc(F)cc1F. The highest BCUT2D eigenvalue weighted by molar-refractivity contribution is 5.83. The van der Waals surface area contributed by atoms with Gasteiger partial charge in [-0.1, -0.05) is 12.1 Å². The van der Waals surface area contributed by atoms with Crippen LogP contribution in [-0.4, -0.2) is 5.78 Å². The summed E-state index contributed by atoms with van der Waals surface area (Å²) in [5, 5.41) is 0. The predicted octanol–water partition coefficient (Wildman–Crippen LogP) is 3.77. The second-order valence-electron chi connectivity index (χ2n) is 4.70. The first kappa shape index (κ1) is 14.3. The maximum absolute atomic E-state index is 13.4. The van der Waals surface area contributed by atoms with E-state index in [4.69, 9.17) is 0 Å². The van der Waals surface area contributed by atoms with Crippen molar-refractivity contribution in [2.24, 2.45) is 0 Å². The Balaban J connectivity index is 2.09. The summed E-state index contributed by atoms with van der Waals surface area (Å²) in [4.78, 5) is 11.9. The molecule has 0 atom stereocenters. The highest BCUT2D eigenvalue weighted by Crippen LogP contribution is 2.14. The van der Waals surface area contributed by atoms with Gasteiger partial charge < -0.3 is 0 Å². The summed E-state index contributed by atoms with van der Waals surface area (Å²) in [5.74, 6) is -1.96. The van der Waals surface area contributed by atoms with Crippen LogP contribution in [-0.2, 0) is 17.6 Å². The minimum absolute atomic E-state index is 0.100. The van der Waals surface area contributed by atoms with E-state index >= 15 is 0 Å². The van der Waals surface area contributed by atoms with Gasteiger partial charge >= 0.3 is 0 Å². The fourth-order valence-electron chi connectivity index (χ4n) is 2.01. The number of halogens is 3. The van der Waals surface area contributed by atoms with Crippen molar-refractivity contribution >= 4 is 5.78 Å². The van der Waals surface area contributed by atoms with E-state index in [-0.39, 0.29) is 30.0 Å². The van der Waals surface area contributed by atoms with Crippen molar-refractivity contribution in [2.45, 2.75) is 19.8 Å². The number of benzene rings is 2. The monoisotopic (exact) mass is 278 g/mol. The fourth-order valence-corrected chi connectivity index (χ4v) is 2.01. The molecule has 4 heteroatoms. The van der Waals surface area contributed by atoms with Crippen LogP contribution in [0.1, 0.15) is 16.7 Å². The van der Waals surface area contributed by atoms with Gasteiger partial charge in [0.25, 0.3) is 0 Å². The minimum Gasteiger partial charge on any atom is -0.299 e. The third kappa shape index (κ3) is 3.47. The summed E-state index contributed by atoms with van der Waals surface area (Å²) >= 11 is 0. The second-order valence-corrected chi connectivity index (χ2v) is 4.70. The summed E-state index contributed by atoms with van der Waals surface area (Å²) < 4.78 is 39.2. The number of carbonyl (C=O) groups is 1. The van der Waals surface area contributed by atoms with Crippen LogP contribution >= 0.6 is 0 Å². The molecule has 0 heterocycles. The molecule has 0 spiro atoms. The lowest BCUT2D eigenvalue weighted by molar-refractivity contribution is -0.117. The summed E-state index contributed by atoms with van der Waals surface area (Å²) in [7, 11) is 0. The molecule has 20 heavy (non-hydrogen) atoms. The number of carbonyl (C=O) groups excluding carboxylic acids is 1. The topological polar surface area (TPSA) is 17.1 Å². The maximum Gasteiger partial charge on any atom is 0.141 e. The van der Waals surface area contributed by atoms with Gasteiger partial charge in [0.2, 0.25) is 0 Å². The zero-order valence-electron chi connectivity index (χ0n) is 10.9. The Morgan fingerprint density at radius 1 is 0.900 bits per heavy atom. The Hall–Kier alpha value is -2.10. The molecule has 0 unspecified atom stereocenters. The van der Waals surface area contributed by atoms with Gasteiger partial charge in [0.15, 0.2) is 0 Å². The molecule has 0 fully saturated rings. The van der Waals surface area contributed by atoms with Crippen molar-refractivity contribution < 1.29 is 18.0 Å². The standard InChI is InChI=1S/C16H13F3O/c1-10-6-13(17)4-2-11(10)7-15(20)8-12-3-5-14(18)9-16(12)19/h2-6,9H,7-8H2,1H3. The number of hydrogen-bond donors (Lipinski definition) is 0. The van der Waals surface area contributed by atoms with Gasteiger partial charge in [-0.2, -0.15) is 0 Å². The minimum atomic E-state index is -0.728. The zero-order chi connectivity index (χ0) is 14.7. The quantitative estimate of drug-likeness (QED) is 0.832. The van der Waals surface area contributed by atoms with Gasteiger partial charge in [-0.25, -0.2) is 13.2 Å². The summed E-state index contributed by atoms with van der Waals surface area (Å²) in [6, 6.07) is 7.32. The molecule has 2 aromatic carbocycles. The lowest BCUT2D eigenvalue weighted by Crippen LogP contribution is -2.09. The molecule has 2 rings (SSSR count). The summed E-state index contributed by atoms with van der Waals surface area (Å²) in [6.07, 6.45) is -0.00808. The first-order valence-electron chi connectivity index (χ1n) is 6.16. The van der Waals surface area contributed by atoms with Gasteiger partial charge in [-0.3, -0.25) is 4.79 Å². The average Bonchev–Trinajstić information content (AvgIpc) is 2.36. The van der Waals surface area contributed by atoms with E-state index in [1.54, 1.807) is 13.0 Å². The van der Waals surface area contributed by atoms with E-state index in [2.05, 4.69) is 0 Å². The lowest BCUT2D eigenvalue weighted by atomic mass is 9.99. The molecule has 0 saturated carbocycles. The van der Waals surface area contributed by atoms with Gasteiger partial charge in [0, 0.05) is 18.9 Å². The van der Waals surface area contributed by atoms with Crippen LogP contribution in [0.4, 0.5) is 13.2 Å². The van der Waals surface area contributed by atoms with Gasteiger partial charge in [0.05, 0.1) is 0 Å². The largest absolute Gasteiger partial charge is 0.299 e. The van der Waals surface area contributed by atoms with E-state index < -0.39 is 11.6 Å². The summed E-state index contributed by atoms with van der Waals surface area (Å²) in [6.45, 7) is 1.71. The Morgan fingerprint density at radius 3 is 2.05 bits per heavy atom. The van der Waals surface area contributed by atoms with Crippen LogP contribution in [0.5, 0.6) is 0 Å². The van der Waals surface area contributed by atoms with Crippen molar-refractivity contribution in [2.75, 3.05) is 0 Å². The first-order valence-corrected chi connectivity index (χ1v) is 6.16. The first-order chi connectivity index (χ1) is 9.45. The Bertz CT molecular complexity index is 595. The molecule has 0 aliphatic heterocycles. The van der Waals surface area contributed by atoms with Crippen LogP contribution < -0.4 is 0 Å². The molecule has 0 saturated heterocycles. The van der Waals surface area contributed by atoms with Crippen molar-refractivity contribution in [1.29, 1.82) is 0 Å². The van der Waals surface area contributed by atoms with Crippen LogP contribution in [0, 0.1) is 24.4 Å². The molecular weight excluding hydrogens is 265 g/mol. The predicted molar refractivity (Wildman–Crippen MR) is 69.9 cm³/mol. The molecular formula is C16H13F3O. The highest BCUT2D eigenvalue weighted by atomic mass is 19.1. The van der Waals surface area contributed by atoms with Gasteiger partial charge in [-0.15, -0.1) is 0 Å². The zero-order valence-corrected chi connectivity index (χ0v) is 10.9. The highest BCUT2D eigenvalue weighted by Gasteiger charge is 2.11. The third-order valence-electron chi connectivity index (χ3n) is 3.09. The maximum atomic E-state index is 13.4. The fraction of sp³-hybridized carbons (Fsp3) is 0.188. The van der Waals surface area contributed by atoms with Crippen LogP contribution in [0.15, 0.2) is 36.4 Å². The van der Waals surface area contributed by atoms with Crippen LogP contribution in [0.25, 0.3) is 0 Å². The van der Waals surface area contributed by atoms with E-state index in [1.165, 1.54) is 18.2 Å². The molecule has 1 nitrogen and oxygen atoms in total. The third-order valence-corrected chi connectivity index (χ3v) is 3.09. The number of rotatable bonds is 4. The van der Waals surface area contributed by atoms with E-state index in [0.717, 1.165) is 12.1 Å². The second kappa shape index (κ2) is 5.90. The van der Waals surface area contributed by atoms with E-state index in [1.807, 2.05) is 0 Å². The van der Waals surface area contributed by atoms with Gasteiger partial charge in [-0.05, 0) is 41.8 Å². The molecule has 104 valence electrons. The van der Waals surface area contributed by atoms with Crippen LogP contribution in [0.3, 0.4) is 0 Å². The summed E-state index contributed by atoms with van der Waals surface area (Å²) in [5.41, 5.74) is 1.55. The molecule has 0 amide bonds. The lowest BCUT2D eigenvalue weighted by Gasteiger charge is -2.06. The Labute approximate surface area is 115 Å². The van der Waals surface area contributed by atoms with Crippen molar-refractivity contribution in [3.8, 4) is 0 Å². The number of Topliss-reactive ketones (excluding diaryl/α,β-unsaturated/α-hetero) is 1. The molecule has 2 aromatic rings. The molecule has 0 aliphatic carbocycles. The van der Waals surface area contributed by atoms with Gasteiger partial charge in [0.1, 0.15) is 23.2 Å². The normalized spacial score (nSPS) is 10.6. The number of aryl methyl sites for hydroxylation is 1. The molecule has 0 radical (unpaired) electrons. The molecule has 0 N–H and O–H groups in total. The Kier molecular flexibility index (Phi) is 4.23. The average molecular weight is 278 g/mol. The molecule has 0 aliphatic rings. The van der Waals surface area contributed by atoms with Crippen LogP contribution in [0.2, 0.25) is 0 Å². The molecule has 0 bridgehead atoms. The Morgan fingerprint density at radius 2 is 1.45 bits per heavy atom. The van der Waals surface area contributed by atoms with Crippen molar-refractivity contribution in [1.82, 2.24) is 0 Å². The van der Waals surface area contributed by atoms with E-state index in [9.17, 15) is 18.0 Å². The smallest absolute Gasteiger partial charge is 0.141 e. The number of ketones is 1.